The Labute approximate surface area is 421 Å². The highest BCUT2D eigenvalue weighted by molar-refractivity contribution is 6.05. The SMILES string of the molecule is CCC[C@H](NC(=O)[C@@H]1[C@H]2CCC[C@H]2CN1C(=O)[C@@H](NC(=O)[C@@H](NC(=O)c1cnc([C@H]2CCC(c3ccc4c(c3)CN(C3CCC(=O)NC3=O)C4=O)C2)cn1)C1CCCCC1)C(C)(C)C)C(O)C(=O)NC1CC1. The molecule has 4 heterocycles. The molecule has 9 rings (SSSR count). The lowest BCUT2D eigenvalue weighted by Gasteiger charge is -2.38. The number of piperidine rings is 1. The molecular weight excluding hydrogens is 919 g/mol. The Morgan fingerprint density at radius 3 is 2.31 bits per heavy atom. The summed E-state index contributed by atoms with van der Waals surface area (Å²) in [6.07, 6.45) is 14.3. The average molecular weight is 992 g/mol. The summed E-state index contributed by atoms with van der Waals surface area (Å²) in [6, 6.07) is 1.61. The van der Waals surface area contributed by atoms with Crippen LogP contribution in [-0.2, 0) is 35.3 Å². The summed E-state index contributed by atoms with van der Waals surface area (Å²) in [5.41, 5.74) is 2.60. The summed E-state index contributed by atoms with van der Waals surface area (Å²) in [5, 5.41) is 25.3. The van der Waals surface area contributed by atoms with Gasteiger partial charge in [-0.25, -0.2) is 4.98 Å². The maximum absolute atomic E-state index is 15.0. The fourth-order valence-corrected chi connectivity index (χ4v) is 12.6. The molecule has 8 amide bonds. The van der Waals surface area contributed by atoms with Crippen LogP contribution in [0.2, 0.25) is 0 Å². The number of hydrogen-bond donors (Lipinski definition) is 6. The van der Waals surface area contributed by atoms with Gasteiger partial charge in [0.1, 0.15) is 29.9 Å². The van der Waals surface area contributed by atoms with Gasteiger partial charge in [0.05, 0.1) is 17.9 Å². The first kappa shape index (κ1) is 51.1. The first-order chi connectivity index (χ1) is 34.5. The summed E-state index contributed by atoms with van der Waals surface area (Å²) >= 11 is 0. The Morgan fingerprint density at radius 1 is 0.847 bits per heavy atom. The molecule has 0 bridgehead atoms. The summed E-state index contributed by atoms with van der Waals surface area (Å²) in [6.45, 7) is 8.21. The highest BCUT2D eigenvalue weighted by Crippen LogP contribution is 2.45. The number of imide groups is 1. The molecule has 6 fully saturated rings. The summed E-state index contributed by atoms with van der Waals surface area (Å²) < 4.78 is 0. The minimum Gasteiger partial charge on any atom is -0.381 e. The van der Waals surface area contributed by atoms with Crippen LogP contribution in [0.15, 0.2) is 30.6 Å². The van der Waals surface area contributed by atoms with Gasteiger partial charge in [-0.15, -0.1) is 0 Å². The number of nitrogens with one attached hydrogen (secondary N) is 5. The van der Waals surface area contributed by atoms with Crippen molar-refractivity contribution in [1.82, 2.24) is 46.4 Å². The van der Waals surface area contributed by atoms with Crippen LogP contribution in [0, 0.1) is 23.2 Å². The number of hydrogen-bond acceptors (Lipinski definition) is 11. The predicted octanol–water partition coefficient (Wildman–Crippen LogP) is 4.05. The van der Waals surface area contributed by atoms with Crippen LogP contribution in [0.1, 0.15) is 186 Å². The van der Waals surface area contributed by atoms with Gasteiger partial charge in [-0.05, 0) is 117 Å². The van der Waals surface area contributed by atoms with Crippen molar-refractivity contribution in [3.05, 3.63) is 58.7 Å². The van der Waals surface area contributed by atoms with Crippen molar-refractivity contribution in [2.24, 2.45) is 23.2 Å². The highest BCUT2D eigenvalue weighted by Gasteiger charge is 2.53. The van der Waals surface area contributed by atoms with Gasteiger partial charge in [0.25, 0.3) is 17.7 Å². The third-order valence-corrected chi connectivity index (χ3v) is 16.8. The van der Waals surface area contributed by atoms with Gasteiger partial charge in [0.15, 0.2) is 6.10 Å². The minimum absolute atomic E-state index is 0.0476. The van der Waals surface area contributed by atoms with E-state index in [9.17, 15) is 43.5 Å². The third-order valence-electron chi connectivity index (χ3n) is 16.8. The van der Waals surface area contributed by atoms with Gasteiger partial charge in [0, 0.05) is 43.2 Å². The largest absolute Gasteiger partial charge is 0.381 e. The Kier molecular flexibility index (Phi) is 15.2. The van der Waals surface area contributed by atoms with E-state index in [-0.39, 0.29) is 65.5 Å². The summed E-state index contributed by atoms with van der Waals surface area (Å²) in [7, 11) is 0. The number of amides is 8. The Bertz CT molecular complexity index is 2430. The topological polar surface area (TPSA) is 249 Å². The molecule has 7 aliphatic rings. The number of carbonyl (C=O) groups excluding carboxylic acids is 8. The van der Waals surface area contributed by atoms with E-state index in [0.29, 0.717) is 37.9 Å². The summed E-state index contributed by atoms with van der Waals surface area (Å²) in [5.74, 6) is -3.14. The molecule has 10 atom stereocenters. The fourth-order valence-electron chi connectivity index (χ4n) is 12.6. The Hall–Kier alpha value is -5.78. The molecule has 1 aromatic heterocycles. The molecule has 72 heavy (non-hydrogen) atoms. The van der Waals surface area contributed by atoms with Crippen LogP contribution in [0.3, 0.4) is 0 Å². The first-order valence-electron chi connectivity index (χ1n) is 26.8. The van der Waals surface area contributed by atoms with E-state index in [4.69, 9.17) is 4.98 Å². The monoisotopic (exact) mass is 992 g/mol. The van der Waals surface area contributed by atoms with E-state index in [1.165, 1.54) is 6.20 Å². The van der Waals surface area contributed by atoms with E-state index < -0.39 is 71.3 Å². The molecule has 4 saturated carbocycles. The zero-order valence-electron chi connectivity index (χ0n) is 42.3. The lowest BCUT2D eigenvalue weighted by atomic mass is 9.82. The molecule has 2 aromatic rings. The van der Waals surface area contributed by atoms with E-state index in [2.05, 4.69) is 37.6 Å². The standard InChI is InChI=1S/C54H73N9O9/c1-5-10-38(45(65)51(70)57-35-18-19-35)58-50(69)44-36-14-9-13-33(36)27-63(44)53(72)46(54(2,3)4)61-49(68)43(29-11-7-6-8-12-29)60-47(66)40-26-55-39(25-56-40)32-16-15-30(23-32)31-17-20-37-34(24-31)28-62(52(37)71)41-21-22-42(64)59-48(41)67/h17,20,24-26,29-30,32-33,35-36,38,41,43-46,65H,5-16,18-19,21-23,27-28H2,1-4H3,(H,57,70)(H,58,69)(H,60,66)(H,61,68)(H,59,64,67)/t30?,32-,33-,36-,38-,41?,43-,44-,45?,46+/m0/s1. The molecule has 18 heteroatoms. The van der Waals surface area contributed by atoms with Gasteiger partial charge < -0.3 is 36.2 Å². The van der Waals surface area contributed by atoms with Crippen LogP contribution < -0.4 is 26.6 Å². The minimum atomic E-state index is -1.43. The van der Waals surface area contributed by atoms with E-state index in [0.717, 1.165) is 100 Å². The molecular formula is C54H73N9O9. The van der Waals surface area contributed by atoms with Crippen molar-refractivity contribution < 1.29 is 43.5 Å². The van der Waals surface area contributed by atoms with Gasteiger partial charge in [-0.3, -0.25) is 48.7 Å². The van der Waals surface area contributed by atoms with Crippen molar-refractivity contribution in [3.8, 4) is 0 Å². The molecule has 4 aliphatic carbocycles. The molecule has 388 valence electrons. The number of aromatic nitrogens is 2. The molecule has 1 aromatic carbocycles. The maximum atomic E-state index is 15.0. The second-order valence-corrected chi connectivity index (χ2v) is 22.9. The second kappa shape index (κ2) is 21.4. The van der Waals surface area contributed by atoms with Crippen molar-refractivity contribution in [2.45, 2.75) is 198 Å². The number of fused-ring (bicyclic) bond motifs is 2. The number of benzene rings is 1. The number of nitrogens with zero attached hydrogens (tertiary/aromatic N) is 4. The maximum Gasteiger partial charge on any atom is 0.272 e. The number of aliphatic hydroxyl groups excluding tert-OH is 1. The smallest absolute Gasteiger partial charge is 0.272 e. The Morgan fingerprint density at radius 2 is 1.61 bits per heavy atom. The fraction of sp³-hybridized carbons (Fsp3) is 0.667. The lowest BCUT2D eigenvalue weighted by molar-refractivity contribution is -0.146. The van der Waals surface area contributed by atoms with Gasteiger partial charge >= 0.3 is 0 Å². The van der Waals surface area contributed by atoms with Gasteiger partial charge in [0.2, 0.25) is 29.5 Å². The predicted molar refractivity (Wildman–Crippen MR) is 263 cm³/mol. The third kappa shape index (κ3) is 10.9. The normalized spacial score (nSPS) is 27.0. The molecule has 0 radical (unpaired) electrons. The van der Waals surface area contributed by atoms with Crippen molar-refractivity contribution in [1.29, 1.82) is 0 Å². The molecule has 3 aliphatic heterocycles. The first-order valence-corrected chi connectivity index (χ1v) is 26.8. The average Bonchev–Trinajstić information content (AvgIpc) is 3.66. The van der Waals surface area contributed by atoms with E-state index in [1.54, 1.807) is 16.0 Å². The number of rotatable bonds is 16. The van der Waals surface area contributed by atoms with E-state index >= 15 is 0 Å². The number of aliphatic hydroxyl groups is 1. The van der Waals surface area contributed by atoms with Crippen LogP contribution in [0.5, 0.6) is 0 Å². The molecule has 2 saturated heterocycles. The number of carbonyl (C=O) groups is 8. The second-order valence-electron chi connectivity index (χ2n) is 22.9. The van der Waals surface area contributed by atoms with Crippen LogP contribution in [0.25, 0.3) is 0 Å². The molecule has 3 unspecified atom stereocenters. The van der Waals surface area contributed by atoms with Crippen LogP contribution >= 0.6 is 0 Å². The molecule has 18 nitrogen and oxygen atoms in total. The van der Waals surface area contributed by atoms with Gasteiger partial charge in [-0.2, -0.15) is 0 Å². The molecule has 6 N–H and O–H groups in total. The zero-order chi connectivity index (χ0) is 51.0. The van der Waals surface area contributed by atoms with Gasteiger partial charge in [-0.1, -0.05) is 71.9 Å². The lowest BCUT2D eigenvalue weighted by Crippen LogP contribution is -2.62. The van der Waals surface area contributed by atoms with Crippen molar-refractivity contribution in [3.63, 3.8) is 0 Å². The van der Waals surface area contributed by atoms with Crippen LogP contribution in [0.4, 0.5) is 0 Å². The van der Waals surface area contributed by atoms with Crippen molar-refractivity contribution in [2.75, 3.05) is 6.54 Å². The quantitative estimate of drug-likeness (QED) is 0.131. The van der Waals surface area contributed by atoms with Crippen LogP contribution in [-0.4, -0.2) is 121 Å². The number of likely N-dealkylation sites (tertiary alicyclic amines) is 1. The summed E-state index contributed by atoms with van der Waals surface area (Å²) in [4.78, 5) is 121. The molecule has 0 spiro atoms. The van der Waals surface area contributed by atoms with Crippen molar-refractivity contribution >= 4 is 47.3 Å². The highest BCUT2D eigenvalue weighted by atomic mass is 16.3. The zero-order valence-corrected chi connectivity index (χ0v) is 42.3. The Balaban J connectivity index is 0.852. The van der Waals surface area contributed by atoms with E-state index in [1.807, 2.05) is 39.8 Å².